The van der Waals surface area contributed by atoms with Crippen molar-refractivity contribution in [1.82, 2.24) is 9.55 Å². The van der Waals surface area contributed by atoms with Crippen LogP contribution < -0.4 is 0 Å². The van der Waals surface area contributed by atoms with Crippen molar-refractivity contribution in [1.29, 1.82) is 0 Å². The predicted octanol–water partition coefficient (Wildman–Crippen LogP) is 2.94. The molecule has 0 saturated carbocycles. The molecule has 66 valence electrons. The van der Waals surface area contributed by atoms with E-state index in [1.807, 2.05) is 0 Å². The maximum atomic E-state index is 7.92. The molecular formula is C10H9BrN2. The lowest BCUT2D eigenvalue weighted by Crippen LogP contribution is -1.95. The summed E-state index contributed by atoms with van der Waals surface area (Å²) in [5.74, 6) is -0.603. The smallest absolute Gasteiger partial charge is 0.110 e. The number of benzene rings is 1. The molecule has 3 heteroatoms. The third-order valence-electron chi connectivity index (χ3n) is 1.38. The Morgan fingerprint density at radius 2 is 2.38 bits per heavy atom. The molecule has 0 fully saturated rings. The summed E-state index contributed by atoms with van der Waals surface area (Å²) >= 11 is 3.01. The van der Waals surface area contributed by atoms with Gasteiger partial charge in [0.1, 0.15) is 5.82 Å². The van der Waals surface area contributed by atoms with Crippen molar-refractivity contribution in [2.45, 2.75) is 6.85 Å². The van der Waals surface area contributed by atoms with Gasteiger partial charge in [-0.05, 0) is 34.9 Å². The molecule has 0 atom stereocenters. The highest BCUT2D eigenvalue weighted by Gasteiger charge is 2.02. The monoisotopic (exact) mass is 245 g/mol. The van der Waals surface area contributed by atoms with Gasteiger partial charge in [-0.3, -0.25) is 0 Å². The van der Waals surface area contributed by atoms with Crippen LogP contribution in [0.2, 0.25) is 0 Å². The number of hydrogen-bond donors (Lipinski definition) is 0. The summed E-state index contributed by atoms with van der Waals surface area (Å²) in [4.78, 5) is 3.53. The van der Waals surface area contributed by atoms with E-state index in [0.717, 1.165) is 4.57 Å². The van der Waals surface area contributed by atoms with Crippen molar-refractivity contribution in [2.24, 2.45) is 0 Å². The molecule has 13 heavy (non-hydrogen) atoms. The number of aromatic nitrogens is 2. The van der Waals surface area contributed by atoms with E-state index in [1.54, 1.807) is 0 Å². The Kier molecular flexibility index (Phi) is 0.759. The highest BCUT2D eigenvalue weighted by molar-refractivity contribution is 9.10. The largest absolute Gasteiger partial charge is 0.303 e. The van der Waals surface area contributed by atoms with Crippen LogP contribution in [0, 0.1) is 6.85 Å². The van der Waals surface area contributed by atoms with E-state index in [-0.39, 0.29) is 10.2 Å². The van der Waals surface area contributed by atoms with Crippen LogP contribution >= 0.6 is 15.9 Å². The Bertz CT molecular complexity index is 736. The highest BCUT2D eigenvalue weighted by atomic mass is 79.9. The van der Waals surface area contributed by atoms with E-state index in [9.17, 15) is 0 Å². The molecule has 0 spiro atoms. The van der Waals surface area contributed by atoms with Gasteiger partial charge in [0.25, 0.3) is 0 Å². The molecule has 0 aliphatic heterocycles. The van der Waals surface area contributed by atoms with Crippen LogP contribution in [0.4, 0.5) is 0 Å². The summed E-state index contributed by atoms with van der Waals surface area (Å²) in [6.07, 6.45) is -1.16. The number of nitrogens with zero attached hydrogens (tertiary/aromatic N) is 2. The van der Waals surface area contributed by atoms with Crippen LogP contribution in [0.15, 0.2) is 41.0 Å². The maximum absolute atomic E-state index is 7.92. The van der Waals surface area contributed by atoms with E-state index >= 15 is 0 Å². The molecule has 1 heterocycles. The lowest BCUT2D eigenvalue weighted by molar-refractivity contribution is 0.970. The second-order valence-corrected chi connectivity index (χ2v) is 2.95. The topological polar surface area (TPSA) is 17.8 Å². The molecule has 0 aliphatic rings. The normalized spacial score (nSPS) is 21.2. The van der Waals surface area contributed by atoms with Gasteiger partial charge < -0.3 is 4.57 Å². The lowest BCUT2D eigenvalue weighted by Gasteiger charge is -2.06. The van der Waals surface area contributed by atoms with Crippen LogP contribution in [-0.4, -0.2) is 9.55 Å². The van der Waals surface area contributed by atoms with Crippen molar-refractivity contribution in [3.63, 3.8) is 0 Å². The van der Waals surface area contributed by atoms with Crippen molar-refractivity contribution < 1.29 is 12.3 Å². The first-order valence-electron chi connectivity index (χ1n) is 7.81. The van der Waals surface area contributed by atoms with Crippen molar-refractivity contribution in [3.05, 3.63) is 46.8 Å². The summed E-state index contributed by atoms with van der Waals surface area (Å²) < 4.78 is 69.2. The fourth-order valence-corrected chi connectivity index (χ4v) is 1.21. The molecule has 1 aromatic carbocycles. The molecular weight excluding hydrogens is 228 g/mol. The molecule has 2 rings (SSSR count). The minimum absolute atomic E-state index is 0.102. The van der Waals surface area contributed by atoms with Gasteiger partial charge >= 0.3 is 0 Å². The second-order valence-electron chi connectivity index (χ2n) is 2.16. The Balaban J connectivity index is 2.96. The Labute approximate surface area is 98.0 Å². The maximum Gasteiger partial charge on any atom is 0.110 e. The first-order chi connectivity index (χ1) is 9.98. The molecule has 0 aliphatic carbocycles. The molecule has 0 N–H and O–H groups in total. The third-order valence-corrected chi connectivity index (χ3v) is 1.96. The number of halogens is 1. The van der Waals surface area contributed by atoms with E-state index < -0.39 is 49.2 Å². The first kappa shape index (κ1) is 2.95. The molecule has 0 radical (unpaired) electrons. The third kappa shape index (κ3) is 1.52. The molecule has 0 bridgehead atoms. The number of aryl methyl sites for hydroxylation is 1. The summed E-state index contributed by atoms with van der Waals surface area (Å²) in [7, 11) is 0. The van der Waals surface area contributed by atoms with Crippen LogP contribution in [-0.2, 0) is 0 Å². The molecule has 0 saturated heterocycles. The van der Waals surface area contributed by atoms with Gasteiger partial charge in [0.05, 0.1) is 13.9 Å². The standard InChI is InChI=1S/C10H9BrN2/c1-8-12-6-7-13(8)10-5-3-2-4-9(10)11/h2-7H,1H3/i1D3,2D,3D,4D,5D,6D,7D. The van der Waals surface area contributed by atoms with Gasteiger partial charge in [-0.1, -0.05) is 12.1 Å². The number of rotatable bonds is 1. The van der Waals surface area contributed by atoms with E-state index in [2.05, 4.69) is 20.9 Å². The van der Waals surface area contributed by atoms with Gasteiger partial charge in [0.15, 0.2) is 0 Å². The van der Waals surface area contributed by atoms with Gasteiger partial charge in [-0.2, -0.15) is 0 Å². The molecule has 2 nitrogen and oxygen atoms in total. The van der Waals surface area contributed by atoms with Gasteiger partial charge in [0, 0.05) is 20.9 Å². The fraction of sp³-hybridized carbons (Fsp3) is 0.100. The Morgan fingerprint density at radius 1 is 1.54 bits per heavy atom. The first-order valence-corrected chi connectivity index (χ1v) is 4.10. The average Bonchev–Trinajstić information content (AvgIpc) is 2.72. The second kappa shape index (κ2) is 3.34. The zero-order chi connectivity index (χ0) is 17.0. The quantitative estimate of drug-likeness (QED) is 0.756. The summed E-state index contributed by atoms with van der Waals surface area (Å²) in [6, 6.07) is -2.00. The SMILES string of the molecule is [2H]c1nc(C([2H])([2H])[2H])n(-c2c([2H])c([2H])c([2H])c([2H])c2Br)c1[2H]. The zero-order valence-electron chi connectivity index (χ0n) is 15.3. The van der Waals surface area contributed by atoms with Crippen molar-refractivity contribution in [2.75, 3.05) is 0 Å². The van der Waals surface area contributed by atoms with Gasteiger partial charge in [-0.25, -0.2) is 4.98 Å². The fourth-order valence-electron chi connectivity index (χ4n) is 0.837. The Hall–Kier alpha value is -1.09. The Morgan fingerprint density at radius 3 is 3.23 bits per heavy atom. The van der Waals surface area contributed by atoms with Crippen LogP contribution in [0.3, 0.4) is 0 Å². The predicted molar refractivity (Wildman–Crippen MR) is 56.0 cm³/mol. The summed E-state index contributed by atoms with van der Waals surface area (Å²) in [5.41, 5.74) is -0.256. The number of para-hydroxylation sites is 1. The molecule has 1 aromatic heterocycles. The van der Waals surface area contributed by atoms with E-state index in [4.69, 9.17) is 12.3 Å². The van der Waals surface area contributed by atoms with Crippen LogP contribution in [0.25, 0.3) is 5.69 Å². The minimum Gasteiger partial charge on any atom is -0.303 e. The van der Waals surface area contributed by atoms with Crippen LogP contribution in [0.5, 0.6) is 0 Å². The van der Waals surface area contributed by atoms with E-state index in [0.29, 0.717) is 0 Å². The minimum atomic E-state index is -2.75. The van der Waals surface area contributed by atoms with Crippen molar-refractivity contribution in [3.8, 4) is 5.69 Å². The van der Waals surface area contributed by atoms with Crippen LogP contribution in [0.1, 0.15) is 18.2 Å². The van der Waals surface area contributed by atoms with Gasteiger partial charge in [0.2, 0.25) is 0 Å². The number of imidazole rings is 1. The molecule has 0 unspecified atom stereocenters. The van der Waals surface area contributed by atoms with Crippen molar-refractivity contribution >= 4 is 15.9 Å². The lowest BCUT2D eigenvalue weighted by atomic mass is 10.3. The van der Waals surface area contributed by atoms with Gasteiger partial charge in [-0.15, -0.1) is 0 Å². The number of hydrogen-bond acceptors (Lipinski definition) is 1. The highest BCUT2D eigenvalue weighted by Crippen LogP contribution is 2.20. The average molecular weight is 246 g/mol. The summed E-state index contributed by atoms with van der Waals surface area (Å²) in [6.45, 7) is -2.75. The summed E-state index contributed by atoms with van der Waals surface area (Å²) in [5, 5.41) is 0. The molecule has 0 amide bonds. The zero-order valence-corrected chi connectivity index (χ0v) is 7.86. The molecule has 2 aromatic rings. The van der Waals surface area contributed by atoms with E-state index in [1.165, 1.54) is 0 Å².